The van der Waals surface area contributed by atoms with E-state index in [1.807, 2.05) is 36.4 Å². The molecule has 0 N–H and O–H groups in total. The van der Waals surface area contributed by atoms with E-state index < -0.39 is 0 Å². The number of benzene rings is 9. The van der Waals surface area contributed by atoms with Gasteiger partial charge in [0.1, 0.15) is 0 Å². The standard InChI is InChI=1S/C63H43N5/c1-4-19-42(20-5-1)45-25-16-26-46(39-45)47-27-17-28-48(40-47)49-29-18-30-50(41-49)51-31-10-13-34-56(51)67-57-35-14-11-32-52(57)54-37-38-55-53-33-12-15-36-58(53)68(60(55)59(54)67)63-65-61(43-21-6-2-7-22-43)64-62(66-63)44-23-8-3-9-24-44/h1-11,13-32,34-41H,12,33H2. The fraction of sp³-hybridized carbons (Fsp3) is 0.0317. The van der Waals surface area contributed by atoms with Gasteiger partial charge in [-0.25, -0.2) is 4.98 Å². The first kappa shape index (κ1) is 39.4. The fourth-order valence-electron chi connectivity index (χ4n) is 10.3. The van der Waals surface area contributed by atoms with Crippen LogP contribution in [0.5, 0.6) is 0 Å². The Bertz CT molecular complexity index is 3840. The SMILES string of the molecule is C1=Cc2c(c3ccc4c5ccccc5n(-c5ccccc5-c5cccc(-c6cccc(-c7cccc(-c8ccccc8)c7)c6)c5)c4c3n2-c2nc(-c3ccccc3)nc(-c3ccccc3)n2)CC1. The van der Waals surface area contributed by atoms with Crippen molar-refractivity contribution in [3.63, 3.8) is 0 Å². The van der Waals surface area contributed by atoms with Crippen LogP contribution in [0, 0.1) is 0 Å². The van der Waals surface area contributed by atoms with Crippen LogP contribution in [-0.2, 0) is 6.42 Å². The molecule has 5 heteroatoms. The van der Waals surface area contributed by atoms with Crippen molar-refractivity contribution in [3.05, 3.63) is 242 Å². The number of aryl methyl sites for hydroxylation is 1. The topological polar surface area (TPSA) is 48.5 Å². The van der Waals surface area contributed by atoms with E-state index in [-0.39, 0.29) is 0 Å². The largest absolute Gasteiger partial charge is 0.307 e. The minimum Gasteiger partial charge on any atom is -0.307 e. The first-order valence-electron chi connectivity index (χ1n) is 23.3. The molecule has 0 aliphatic heterocycles. The molecule has 12 aromatic rings. The van der Waals surface area contributed by atoms with E-state index in [9.17, 15) is 0 Å². The number of para-hydroxylation sites is 2. The molecule has 0 fully saturated rings. The molecule has 0 spiro atoms. The van der Waals surface area contributed by atoms with Gasteiger partial charge >= 0.3 is 0 Å². The highest BCUT2D eigenvalue weighted by molar-refractivity contribution is 6.19. The average Bonchev–Trinajstić information content (AvgIpc) is 3.95. The molecule has 320 valence electrons. The van der Waals surface area contributed by atoms with Gasteiger partial charge in [0.25, 0.3) is 0 Å². The van der Waals surface area contributed by atoms with Gasteiger partial charge in [-0.05, 0) is 93.8 Å². The van der Waals surface area contributed by atoms with E-state index in [0.717, 1.165) is 68.6 Å². The predicted octanol–water partition coefficient (Wildman–Crippen LogP) is 15.9. The third-order valence-corrected chi connectivity index (χ3v) is 13.5. The number of hydrogen-bond acceptors (Lipinski definition) is 3. The molecular weight excluding hydrogens is 827 g/mol. The molecule has 5 nitrogen and oxygen atoms in total. The van der Waals surface area contributed by atoms with E-state index >= 15 is 0 Å². The van der Waals surface area contributed by atoms with Crippen molar-refractivity contribution in [1.29, 1.82) is 0 Å². The van der Waals surface area contributed by atoms with Crippen LogP contribution in [0.2, 0.25) is 0 Å². The summed E-state index contributed by atoms with van der Waals surface area (Å²) in [7, 11) is 0. The van der Waals surface area contributed by atoms with Gasteiger partial charge in [-0.3, -0.25) is 4.57 Å². The van der Waals surface area contributed by atoms with Gasteiger partial charge in [-0.15, -0.1) is 0 Å². The van der Waals surface area contributed by atoms with Gasteiger partial charge < -0.3 is 4.57 Å². The molecule has 0 saturated carbocycles. The highest BCUT2D eigenvalue weighted by Gasteiger charge is 2.27. The first-order valence-corrected chi connectivity index (χ1v) is 23.3. The van der Waals surface area contributed by atoms with Crippen molar-refractivity contribution in [3.8, 4) is 78.9 Å². The molecular formula is C63H43N5. The van der Waals surface area contributed by atoms with Crippen molar-refractivity contribution in [1.82, 2.24) is 24.1 Å². The van der Waals surface area contributed by atoms with E-state index in [1.165, 1.54) is 49.5 Å². The zero-order chi connectivity index (χ0) is 45.0. The first-order chi connectivity index (χ1) is 33.7. The molecule has 0 saturated heterocycles. The Labute approximate surface area is 394 Å². The monoisotopic (exact) mass is 869 g/mol. The maximum Gasteiger partial charge on any atom is 0.238 e. The maximum atomic E-state index is 5.34. The van der Waals surface area contributed by atoms with E-state index in [2.05, 4.69) is 209 Å². The summed E-state index contributed by atoms with van der Waals surface area (Å²) in [6.45, 7) is 0. The van der Waals surface area contributed by atoms with E-state index in [1.54, 1.807) is 0 Å². The minimum atomic E-state index is 0.592. The Morgan fingerprint density at radius 1 is 0.353 bits per heavy atom. The molecule has 3 aromatic heterocycles. The normalized spacial score (nSPS) is 12.2. The second-order valence-electron chi connectivity index (χ2n) is 17.5. The third kappa shape index (κ3) is 6.75. The Kier molecular flexibility index (Phi) is 9.57. The van der Waals surface area contributed by atoms with Gasteiger partial charge in [0.2, 0.25) is 5.95 Å². The lowest BCUT2D eigenvalue weighted by Gasteiger charge is -2.17. The van der Waals surface area contributed by atoms with Crippen LogP contribution in [-0.4, -0.2) is 24.1 Å². The number of allylic oxidation sites excluding steroid dienone is 1. The van der Waals surface area contributed by atoms with Gasteiger partial charge in [-0.2, -0.15) is 9.97 Å². The van der Waals surface area contributed by atoms with Crippen LogP contribution in [0.25, 0.3) is 118 Å². The molecule has 1 aliphatic rings. The smallest absolute Gasteiger partial charge is 0.238 e. The second-order valence-corrected chi connectivity index (χ2v) is 17.5. The molecule has 0 bridgehead atoms. The van der Waals surface area contributed by atoms with Gasteiger partial charge in [0.05, 0.1) is 27.9 Å². The van der Waals surface area contributed by atoms with Crippen LogP contribution in [0.3, 0.4) is 0 Å². The summed E-state index contributed by atoms with van der Waals surface area (Å²) in [5, 5.41) is 3.57. The average molecular weight is 870 g/mol. The van der Waals surface area contributed by atoms with Crippen LogP contribution in [0.1, 0.15) is 17.7 Å². The Balaban J connectivity index is 1.02. The van der Waals surface area contributed by atoms with Crippen molar-refractivity contribution < 1.29 is 0 Å². The molecule has 0 unspecified atom stereocenters. The molecule has 0 amide bonds. The second kappa shape index (κ2) is 16.5. The number of nitrogens with zero attached hydrogens (tertiary/aromatic N) is 5. The Morgan fingerprint density at radius 3 is 1.49 bits per heavy atom. The maximum absolute atomic E-state index is 5.34. The lowest BCUT2D eigenvalue weighted by molar-refractivity contribution is 0.903. The molecule has 9 aromatic carbocycles. The summed E-state index contributed by atoms with van der Waals surface area (Å²) in [6, 6.07) is 80.1. The zero-order valence-corrected chi connectivity index (χ0v) is 37.2. The van der Waals surface area contributed by atoms with Gasteiger partial charge in [-0.1, -0.05) is 200 Å². The van der Waals surface area contributed by atoms with Crippen molar-refractivity contribution in [2.75, 3.05) is 0 Å². The van der Waals surface area contributed by atoms with Crippen molar-refractivity contribution in [2.24, 2.45) is 0 Å². The third-order valence-electron chi connectivity index (χ3n) is 13.5. The predicted molar refractivity (Wildman–Crippen MR) is 281 cm³/mol. The highest BCUT2D eigenvalue weighted by Crippen LogP contribution is 2.44. The lowest BCUT2D eigenvalue weighted by Crippen LogP contribution is -2.09. The summed E-state index contributed by atoms with van der Waals surface area (Å²) >= 11 is 0. The molecule has 3 heterocycles. The quantitative estimate of drug-likeness (QED) is 0.153. The van der Waals surface area contributed by atoms with Crippen molar-refractivity contribution >= 4 is 38.8 Å². The zero-order valence-electron chi connectivity index (χ0n) is 37.2. The van der Waals surface area contributed by atoms with Gasteiger partial charge in [0.15, 0.2) is 11.6 Å². The summed E-state index contributed by atoms with van der Waals surface area (Å²) in [6.07, 6.45) is 6.44. The van der Waals surface area contributed by atoms with Crippen LogP contribution < -0.4 is 0 Å². The van der Waals surface area contributed by atoms with Crippen LogP contribution in [0.15, 0.2) is 231 Å². The minimum absolute atomic E-state index is 0.592. The molecule has 68 heavy (non-hydrogen) atoms. The number of fused-ring (bicyclic) bond motifs is 7. The molecule has 13 rings (SSSR count). The van der Waals surface area contributed by atoms with Crippen LogP contribution in [0.4, 0.5) is 0 Å². The summed E-state index contributed by atoms with van der Waals surface area (Å²) in [4.78, 5) is 15.8. The van der Waals surface area contributed by atoms with Crippen LogP contribution >= 0.6 is 0 Å². The van der Waals surface area contributed by atoms with Crippen molar-refractivity contribution in [2.45, 2.75) is 12.8 Å². The highest BCUT2D eigenvalue weighted by atomic mass is 15.2. The summed E-state index contributed by atoms with van der Waals surface area (Å²) in [5.74, 6) is 1.86. The molecule has 0 atom stereocenters. The van der Waals surface area contributed by atoms with Gasteiger partial charge in [0, 0.05) is 32.8 Å². The van der Waals surface area contributed by atoms with E-state index in [0.29, 0.717) is 17.6 Å². The number of aromatic nitrogens is 5. The number of hydrogen-bond donors (Lipinski definition) is 0. The molecule has 0 radical (unpaired) electrons. The molecule has 1 aliphatic carbocycles. The van der Waals surface area contributed by atoms with E-state index in [4.69, 9.17) is 15.0 Å². The Morgan fingerprint density at radius 2 is 0.838 bits per heavy atom. The lowest BCUT2D eigenvalue weighted by atomic mass is 9.94. The summed E-state index contributed by atoms with van der Waals surface area (Å²) in [5.41, 5.74) is 18.1. The Hall–Kier alpha value is -8.93. The fourth-order valence-corrected chi connectivity index (χ4v) is 10.3. The number of rotatable bonds is 8. The summed E-state index contributed by atoms with van der Waals surface area (Å²) < 4.78 is 4.79.